The summed E-state index contributed by atoms with van der Waals surface area (Å²) in [5, 5.41) is 5.51. The first-order chi connectivity index (χ1) is 13.6. The van der Waals surface area contributed by atoms with E-state index < -0.39 is 5.92 Å². The third-order valence-electron chi connectivity index (χ3n) is 4.53. The van der Waals surface area contributed by atoms with Gasteiger partial charge in [0.25, 0.3) is 5.91 Å². The molecular weight excluding hydrogens is 360 g/mol. The molecule has 8 heteroatoms. The Morgan fingerprint density at radius 3 is 2.46 bits per heavy atom. The molecule has 1 aliphatic heterocycles. The molecule has 0 aliphatic carbocycles. The number of anilines is 1. The molecule has 1 unspecified atom stereocenters. The van der Waals surface area contributed by atoms with Crippen LogP contribution in [0.15, 0.2) is 48.8 Å². The zero-order chi connectivity index (χ0) is 19.9. The third kappa shape index (κ3) is 4.64. The van der Waals surface area contributed by atoms with Crippen LogP contribution in [0.25, 0.3) is 0 Å². The molecule has 0 saturated carbocycles. The Balaban J connectivity index is 1.44. The second-order valence-corrected chi connectivity index (χ2v) is 6.39. The van der Waals surface area contributed by atoms with Crippen LogP contribution < -0.4 is 20.3 Å². The van der Waals surface area contributed by atoms with Gasteiger partial charge >= 0.3 is 0 Å². The average Bonchev–Trinajstić information content (AvgIpc) is 3.13. The number of methoxy groups -OCH3 is 1. The summed E-state index contributed by atoms with van der Waals surface area (Å²) in [4.78, 5) is 42.0. The lowest BCUT2D eigenvalue weighted by molar-refractivity contribution is -0.126. The first kappa shape index (κ1) is 19.3. The summed E-state index contributed by atoms with van der Waals surface area (Å²) in [7, 11) is 1.58. The van der Waals surface area contributed by atoms with Crippen LogP contribution >= 0.6 is 0 Å². The molecule has 146 valence electrons. The molecule has 1 saturated heterocycles. The van der Waals surface area contributed by atoms with Crippen molar-refractivity contribution < 1.29 is 19.1 Å². The topological polar surface area (TPSA) is 101 Å². The summed E-state index contributed by atoms with van der Waals surface area (Å²) < 4.78 is 5.12. The van der Waals surface area contributed by atoms with Crippen LogP contribution in [-0.2, 0) is 9.59 Å². The molecule has 1 aliphatic rings. The van der Waals surface area contributed by atoms with Gasteiger partial charge in [-0.05, 0) is 36.4 Å². The van der Waals surface area contributed by atoms with Gasteiger partial charge in [0.1, 0.15) is 5.75 Å². The fraction of sp³-hybridized carbons (Fsp3) is 0.300. The molecule has 8 nitrogen and oxygen atoms in total. The maximum atomic E-state index is 12.4. The van der Waals surface area contributed by atoms with Gasteiger partial charge in [-0.2, -0.15) is 0 Å². The number of ether oxygens (including phenoxy) is 1. The summed E-state index contributed by atoms with van der Waals surface area (Å²) in [6.45, 7) is 0.930. The van der Waals surface area contributed by atoms with Crippen LogP contribution in [0.5, 0.6) is 5.75 Å². The van der Waals surface area contributed by atoms with E-state index in [0.717, 1.165) is 5.69 Å². The second-order valence-electron chi connectivity index (χ2n) is 6.39. The molecule has 1 aromatic heterocycles. The van der Waals surface area contributed by atoms with Crippen molar-refractivity contribution in [3.63, 3.8) is 0 Å². The lowest BCUT2D eigenvalue weighted by Crippen LogP contribution is -2.38. The number of aromatic nitrogens is 1. The summed E-state index contributed by atoms with van der Waals surface area (Å²) >= 11 is 0. The predicted molar refractivity (Wildman–Crippen MR) is 103 cm³/mol. The van der Waals surface area contributed by atoms with E-state index in [1.165, 1.54) is 0 Å². The van der Waals surface area contributed by atoms with E-state index in [2.05, 4.69) is 15.6 Å². The number of amides is 3. The second kappa shape index (κ2) is 8.98. The number of nitrogens with zero attached hydrogens (tertiary/aromatic N) is 2. The van der Waals surface area contributed by atoms with E-state index in [0.29, 0.717) is 30.9 Å². The van der Waals surface area contributed by atoms with Crippen molar-refractivity contribution in [2.45, 2.75) is 6.42 Å². The predicted octanol–water partition coefficient (Wildman–Crippen LogP) is 0.989. The Morgan fingerprint density at radius 2 is 1.79 bits per heavy atom. The van der Waals surface area contributed by atoms with Crippen molar-refractivity contribution in [1.29, 1.82) is 0 Å². The van der Waals surface area contributed by atoms with Crippen LogP contribution in [0.2, 0.25) is 0 Å². The number of hydrogen-bond donors (Lipinski definition) is 2. The van der Waals surface area contributed by atoms with E-state index in [-0.39, 0.29) is 24.1 Å². The zero-order valence-corrected chi connectivity index (χ0v) is 15.6. The minimum atomic E-state index is -0.412. The monoisotopic (exact) mass is 382 g/mol. The van der Waals surface area contributed by atoms with Gasteiger partial charge in [0.15, 0.2) is 0 Å². The fourth-order valence-electron chi connectivity index (χ4n) is 3.01. The Bertz CT molecular complexity index is 839. The number of carbonyl (C=O) groups is 3. The van der Waals surface area contributed by atoms with Gasteiger partial charge in [0, 0.05) is 49.7 Å². The van der Waals surface area contributed by atoms with Crippen LogP contribution in [-0.4, -0.2) is 49.4 Å². The number of nitrogens with one attached hydrogen (secondary N) is 2. The first-order valence-electron chi connectivity index (χ1n) is 8.99. The minimum Gasteiger partial charge on any atom is -0.497 e. The Labute approximate surface area is 162 Å². The van der Waals surface area contributed by atoms with Gasteiger partial charge in [-0.1, -0.05) is 0 Å². The maximum absolute atomic E-state index is 12.4. The molecule has 0 radical (unpaired) electrons. The molecule has 28 heavy (non-hydrogen) atoms. The third-order valence-corrected chi connectivity index (χ3v) is 4.53. The van der Waals surface area contributed by atoms with Gasteiger partial charge in [0.05, 0.1) is 13.0 Å². The van der Waals surface area contributed by atoms with E-state index in [9.17, 15) is 14.4 Å². The highest BCUT2D eigenvalue weighted by molar-refractivity contribution is 6.00. The first-order valence-corrected chi connectivity index (χ1v) is 8.99. The fourth-order valence-corrected chi connectivity index (χ4v) is 3.01. The van der Waals surface area contributed by atoms with Crippen molar-refractivity contribution in [3.8, 4) is 5.75 Å². The van der Waals surface area contributed by atoms with Gasteiger partial charge in [-0.3, -0.25) is 19.4 Å². The Kier molecular flexibility index (Phi) is 6.21. The molecule has 3 amide bonds. The highest BCUT2D eigenvalue weighted by Crippen LogP contribution is 2.26. The van der Waals surface area contributed by atoms with E-state index in [1.807, 2.05) is 0 Å². The summed E-state index contributed by atoms with van der Waals surface area (Å²) in [6.07, 6.45) is 3.26. The van der Waals surface area contributed by atoms with Crippen molar-refractivity contribution >= 4 is 23.4 Å². The van der Waals surface area contributed by atoms with E-state index in [4.69, 9.17) is 4.74 Å². The largest absolute Gasteiger partial charge is 0.497 e. The average molecular weight is 382 g/mol. The minimum absolute atomic E-state index is 0.0868. The molecule has 2 heterocycles. The van der Waals surface area contributed by atoms with Crippen molar-refractivity contribution in [3.05, 3.63) is 54.4 Å². The van der Waals surface area contributed by atoms with Crippen LogP contribution in [0.1, 0.15) is 16.8 Å². The lowest BCUT2D eigenvalue weighted by Gasteiger charge is -2.17. The standard InChI is InChI=1S/C20H22N4O4/c1-28-17-4-2-16(3-5-17)24-13-15(12-18(24)25)20(27)23-11-10-22-19(26)14-6-8-21-9-7-14/h2-9,15H,10-13H2,1H3,(H,22,26)(H,23,27). The van der Waals surface area contributed by atoms with Crippen LogP contribution in [0, 0.1) is 5.92 Å². The van der Waals surface area contributed by atoms with Gasteiger partial charge in [-0.25, -0.2) is 0 Å². The smallest absolute Gasteiger partial charge is 0.251 e. The number of rotatable bonds is 7. The molecule has 3 rings (SSSR count). The Morgan fingerprint density at radius 1 is 1.11 bits per heavy atom. The number of pyridine rings is 1. The quantitative estimate of drug-likeness (QED) is 0.696. The lowest BCUT2D eigenvalue weighted by atomic mass is 10.1. The molecule has 0 bridgehead atoms. The SMILES string of the molecule is COc1ccc(N2CC(C(=O)NCCNC(=O)c3ccncc3)CC2=O)cc1. The molecule has 0 spiro atoms. The van der Waals surface area contributed by atoms with Crippen LogP contribution in [0.4, 0.5) is 5.69 Å². The number of hydrogen-bond acceptors (Lipinski definition) is 5. The molecular formula is C20H22N4O4. The summed E-state index contributed by atoms with van der Waals surface area (Å²) in [5.74, 6) is -0.207. The summed E-state index contributed by atoms with van der Waals surface area (Å²) in [6, 6.07) is 10.4. The van der Waals surface area contributed by atoms with Crippen molar-refractivity contribution in [1.82, 2.24) is 15.6 Å². The summed E-state index contributed by atoms with van der Waals surface area (Å²) in [5.41, 5.74) is 1.25. The zero-order valence-electron chi connectivity index (χ0n) is 15.6. The van der Waals surface area contributed by atoms with Gasteiger partial charge < -0.3 is 20.3 Å². The molecule has 2 N–H and O–H groups in total. The maximum Gasteiger partial charge on any atom is 0.251 e. The van der Waals surface area contributed by atoms with Crippen molar-refractivity contribution in [2.24, 2.45) is 5.92 Å². The Hall–Kier alpha value is -3.42. The van der Waals surface area contributed by atoms with Crippen LogP contribution in [0.3, 0.4) is 0 Å². The molecule has 1 atom stereocenters. The van der Waals surface area contributed by atoms with Gasteiger partial charge in [-0.15, -0.1) is 0 Å². The normalized spacial score (nSPS) is 16.0. The molecule has 1 fully saturated rings. The molecule has 2 aromatic rings. The van der Waals surface area contributed by atoms with Crippen molar-refractivity contribution in [2.75, 3.05) is 31.6 Å². The highest BCUT2D eigenvalue weighted by atomic mass is 16.5. The highest BCUT2D eigenvalue weighted by Gasteiger charge is 2.34. The van der Waals surface area contributed by atoms with Gasteiger partial charge in [0.2, 0.25) is 11.8 Å². The van der Waals surface area contributed by atoms with E-state index >= 15 is 0 Å². The number of benzene rings is 1. The number of carbonyl (C=O) groups excluding carboxylic acids is 3. The molecule has 1 aromatic carbocycles. The van der Waals surface area contributed by atoms with E-state index in [1.54, 1.807) is 60.8 Å².